The van der Waals surface area contributed by atoms with Gasteiger partial charge in [0.15, 0.2) is 0 Å². The predicted molar refractivity (Wildman–Crippen MR) is 85.8 cm³/mol. The third-order valence-electron chi connectivity index (χ3n) is 3.71. The molecule has 0 saturated carbocycles. The maximum atomic E-state index is 12.5. The molecule has 1 aliphatic heterocycles. The lowest BCUT2D eigenvalue weighted by Gasteiger charge is -2.25. The summed E-state index contributed by atoms with van der Waals surface area (Å²) >= 11 is 0. The van der Waals surface area contributed by atoms with E-state index in [4.69, 9.17) is 4.74 Å². The van der Waals surface area contributed by atoms with Gasteiger partial charge in [-0.1, -0.05) is 0 Å². The number of nitrogens with zero attached hydrogens (tertiary/aromatic N) is 2. The van der Waals surface area contributed by atoms with Crippen LogP contribution in [0.15, 0.2) is 41.7 Å². The van der Waals surface area contributed by atoms with Crippen molar-refractivity contribution in [2.75, 3.05) is 26.3 Å². The van der Waals surface area contributed by atoms with E-state index in [0.29, 0.717) is 32.8 Å². The van der Waals surface area contributed by atoms with Crippen molar-refractivity contribution in [3.05, 3.63) is 48.0 Å². The smallest absolute Gasteiger partial charge is 0.268 e. The van der Waals surface area contributed by atoms with Crippen molar-refractivity contribution in [2.24, 2.45) is 0 Å². The van der Waals surface area contributed by atoms with Crippen molar-refractivity contribution >= 4 is 15.9 Å². The molecule has 2 aromatic heterocycles. The minimum atomic E-state index is -3.61. The molecule has 0 bridgehead atoms. The molecule has 1 aliphatic rings. The molecule has 3 heterocycles. The van der Waals surface area contributed by atoms with E-state index in [1.165, 1.54) is 16.6 Å². The fourth-order valence-electron chi connectivity index (χ4n) is 2.37. The topological polar surface area (TPSA) is 104 Å². The monoisotopic (exact) mass is 350 g/mol. The summed E-state index contributed by atoms with van der Waals surface area (Å²) in [6.45, 7) is 1.73. The fraction of sp³-hybridized carbons (Fsp3) is 0.333. The number of sulfonamides is 1. The van der Waals surface area contributed by atoms with Gasteiger partial charge in [0.2, 0.25) is 10.0 Å². The summed E-state index contributed by atoms with van der Waals surface area (Å²) in [6.07, 6.45) is 4.62. The van der Waals surface area contributed by atoms with E-state index < -0.39 is 10.0 Å². The summed E-state index contributed by atoms with van der Waals surface area (Å²) in [5.41, 5.74) is 1.11. The molecular formula is C15H18N4O4S. The van der Waals surface area contributed by atoms with Crippen LogP contribution >= 0.6 is 0 Å². The van der Waals surface area contributed by atoms with Gasteiger partial charge in [0.1, 0.15) is 10.6 Å². The summed E-state index contributed by atoms with van der Waals surface area (Å²) in [7, 11) is -3.61. The van der Waals surface area contributed by atoms with Gasteiger partial charge in [0, 0.05) is 38.2 Å². The lowest BCUT2D eigenvalue weighted by molar-refractivity contribution is 0.0730. The number of amides is 1. The maximum absolute atomic E-state index is 12.5. The van der Waals surface area contributed by atoms with Crippen molar-refractivity contribution in [1.82, 2.24) is 19.6 Å². The first kappa shape index (κ1) is 16.6. The van der Waals surface area contributed by atoms with Gasteiger partial charge in [-0.05, 0) is 23.8 Å². The Balaban J connectivity index is 1.67. The molecule has 1 fully saturated rings. The number of hydrogen-bond donors (Lipinski definition) is 2. The first-order valence-corrected chi connectivity index (χ1v) is 8.95. The zero-order valence-corrected chi connectivity index (χ0v) is 13.8. The van der Waals surface area contributed by atoms with E-state index in [-0.39, 0.29) is 16.5 Å². The van der Waals surface area contributed by atoms with E-state index >= 15 is 0 Å². The molecule has 0 aromatic carbocycles. The second kappa shape index (κ2) is 7.12. The summed E-state index contributed by atoms with van der Waals surface area (Å²) in [5.74, 6) is -0.366. The molecule has 1 amide bonds. The van der Waals surface area contributed by atoms with Crippen LogP contribution in [-0.4, -0.2) is 54.9 Å². The summed E-state index contributed by atoms with van der Waals surface area (Å²) in [5, 5.41) is 2.73. The van der Waals surface area contributed by atoms with Crippen LogP contribution in [-0.2, 0) is 21.3 Å². The van der Waals surface area contributed by atoms with Crippen molar-refractivity contribution in [3.8, 4) is 0 Å². The quantitative estimate of drug-likeness (QED) is 0.810. The lowest BCUT2D eigenvalue weighted by atomic mass is 10.2. The second-order valence-electron chi connectivity index (χ2n) is 5.30. The number of pyridine rings is 1. The summed E-state index contributed by atoms with van der Waals surface area (Å²) in [4.78, 5) is 18.9. The molecule has 24 heavy (non-hydrogen) atoms. The van der Waals surface area contributed by atoms with E-state index in [1.807, 2.05) is 0 Å². The highest BCUT2D eigenvalue weighted by atomic mass is 32.2. The number of carbonyl (C=O) groups is 1. The summed E-state index contributed by atoms with van der Waals surface area (Å²) in [6, 6.07) is 4.94. The van der Waals surface area contributed by atoms with Gasteiger partial charge < -0.3 is 15.0 Å². The molecule has 2 N–H and O–H groups in total. The SMILES string of the molecule is O=C(NCc1ccncc1)c1cc(S(=O)(=O)N2CCOCC2)c[nH]1. The van der Waals surface area contributed by atoms with Crippen LogP contribution in [0, 0.1) is 0 Å². The molecular weight excluding hydrogens is 332 g/mol. The van der Waals surface area contributed by atoms with Gasteiger partial charge in [-0.15, -0.1) is 0 Å². The molecule has 0 aliphatic carbocycles. The molecule has 0 spiro atoms. The highest BCUT2D eigenvalue weighted by Gasteiger charge is 2.27. The Morgan fingerprint density at radius 2 is 2.00 bits per heavy atom. The number of rotatable bonds is 5. The Morgan fingerprint density at radius 3 is 2.71 bits per heavy atom. The average molecular weight is 350 g/mol. The first-order valence-electron chi connectivity index (χ1n) is 7.51. The van der Waals surface area contributed by atoms with Gasteiger partial charge >= 0.3 is 0 Å². The Hall–Kier alpha value is -2.23. The second-order valence-corrected chi connectivity index (χ2v) is 7.24. The largest absolute Gasteiger partial charge is 0.379 e. The average Bonchev–Trinajstić information content (AvgIpc) is 3.12. The normalized spacial score (nSPS) is 16.0. The van der Waals surface area contributed by atoms with Crippen LogP contribution in [0.5, 0.6) is 0 Å². The lowest BCUT2D eigenvalue weighted by Crippen LogP contribution is -2.40. The minimum absolute atomic E-state index is 0.0819. The number of morpholine rings is 1. The third-order valence-corrected chi connectivity index (χ3v) is 5.59. The molecule has 2 aromatic rings. The fourth-order valence-corrected chi connectivity index (χ4v) is 3.77. The van der Waals surface area contributed by atoms with Gasteiger partial charge in [0.05, 0.1) is 13.2 Å². The number of H-pyrrole nitrogens is 1. The van der Waals surface area contributed by atoms with E-state index in [1.54, 1.807) is 24.5 Å². The molecule has 1 saturated heterocycles. The Morgan fingerprint density at radius 1 is 1.29 bits per heavy atom. The highest BCUT2D eigenvalue weighted by Crippen LogP contribution is 2.18. The van der Waals surface area contributed by atoms with E-state index in [0.717, 1.165) is 5.56 Å². The van der Waals surface area contributed by atoms with Crippen molar-refractivity contribution in [2.45, 2.75) is 11.4 Å². The number of hydrogen-bond acceptors (Lipinski definition) is 5. The highest BCUT2D eigenvalue weighted by molar-refractivity contribution is 7.89. The number of aromatic amines is 1. The third kappa shape index (κ3) is 3.64. The van der Waals surface area contributed by atoms with Crippen LogP contribution in [0.4, 0.5) is 0 Å². The molecule has 3 rings (SSSR count). The number of carbonyl (C=O) groups excluding carboxylic acids is 1. The van der Waals surface area contributed by atoms with Crippen LogP contribution in [0.3, 0.4) is 0 Å². The number of ether oxygens (including phenoxy) is 1. The van der Waals surface area contributed by atoms with Crippen LogP contribution in [0.1, 0.15) is 16.1 Å². The maximum Gasteiger partial charge on any atom is 0.268 e. The standard InChI is InChI=1S/C15H18N4O4S/c20-15(18-10-12-1-3-16-4-2-12)14-9-13(11-17-14)24(21,22)19-5-7-23-8-6-19/h1-4,9,11,17H,5-8,10H2,(H,18,20). The van der Waals surface area contributed by atoms with Gasteiger partial charge in [-0.25, -0.2) is 8.42 Å². The van der Waals surface area contributed by atoms with Gasteiger partial charge in [-0.3, -0.25) is 9.78 Å². The molecule has 0 atom stereocenters. The van der Waals surface area contributed by atoms with E-state index in [9.17, 15) is 13.2 Å². The summed E-state index contributed by atoms with van der Waals surface area (Å²) < 4.78 is 31.6. The van der Waals surface area contributed by atoms with Gasteiger partial charge in [0.25, 0.3) is 5.91 Å². The minimum Gasteiger partial charge on any atom is -0.379 e. The van der Waals surface area contributed by atoms with Gasteiger partial charge in [-0.2, -0.15) is 4.31 Å². The van der Waals surface area contributed by atoms with Crippen LogP contribution < -0.4 is 5.32 Å². The van der Waals surface area contributed by atoms with Crippen LogP contribution in [0.25, 0.3) is 0 Å². The van der Waals surface area contributed by atoms with Crippen LogP contribution in [0.2, 0.25) is 0 Å². The number of aromatic nitrogens is 2. The van der Waals surface area contributed by atoms with Crippen molar-refractivity contribution in [1.29, 1.82) is 0 Å². The Kier molecular flexibility index (Phi) is 4.93. The molecule has 0 radical (unpaired) electrons. The molecule has 8 nitrogen and oxygen atoms in total. The predicted octanol–water partition coefficient (Wildman–Crippen LogP) is 0.361. The zero-order chi connectivity index (χ0) is 17.0. The Bertz CT molecular complexity index is 798. The van der Waals surface area contributed by atoms with Crippen molar-refractivity contribution < 1.29 is 17.9 Å². The zero-order valence-electron chi connectivity index (χ0n) is 12.9. The number of nitrogens with one attached hydrogen (secondary N) is 2. The molecule has 9 heteroatoms. The molecule has 0 unspecified atom stereocenters. The molecule has 128 valence electrons. The Labute approximate surface area is 139 Å². The first-order chi connectivity index (χ1) is 11.6. The van der Waals surface area contributed by atoms with Crippen molar-refractivity contribution in [3.63, 3.8) is 0 Å². The van der Waals surface area contributed by atoms with E-state index in [2.05, 4.69) is 15.3 Å².